The molecular formula is C21H32N2. The van der Waals surface area contributed by atoms with Crippen LogP contribution in [0.25, 0.3) is 0 Å². The first-order valence-electron chi connectivity index (χ1n) is 8.39. The first kappa shape index (κ1) is 19.4. The van der Waals surface area contributed by atoms with Crippen LogP contribution in [0.3, 0.4) is 0 Å². The summed E-state index contributed by atoms with van der Waals surface area (Å²) in [6, 6.07) is 10.7. The van der Waals surface area contributed by atoms with Crippen LogP contribution in [0.1, 0.15) is 25.8 Å². The first-order chi connectivity index (χ1) is 11.0. The third-order valence-corrected chi connectivity index (χ3v) is 3.88. The fraction of sp³-hybridized carbons (Fsp3) is 0.429. The van der Waals surface area contributed by atoms with Crippen molar-refractivity contribution in [2.75, 3.05) is 33.7 Å². The monoisotopic (exact) mass is 312 g/mol. The first-order valence-corrected chi connectivity index (χ1v) is 8.39. The molecule has 0 spiro atoms. The van der Waals surface area contributed by atoms with Gasteiger partial charge in [0.05, 0.1) is 0 Å². The van der Waals surface area contributed by atoms with Crippen molar-refractivity contribution < 1.29 is 0 Å². The molecule has 0 aliphatic carbocycles. The number of nitrogens with zero attached hydrogens (tertiary/aromatic N) is 2. The second-order valence-corrected chi connectivity index (χ2v) is 6.41. The van der Waals surface area contributed by atoms with E-state index in [1.807, 2.05) is 6.92 Å². The molecule has 0 heterocycles. The van der Waals surface area contributed by atoms with E-state index in [0.29, 0.717) is 0 Å². The lowest BCUT2D eigenvalue weighted by atomic mass is 10.1. The maximum atomic E-state index is 3.95. The van der Waals surface area contributed by atoms with Crippen LogP contribution < -0.4 is 0 Å². The molecule has 2 nitrogen and oxygen atoms in total. The Morgan fingerprint density at radius 1 is 1.04 bits per heavy atom. The molecule has 23 heavy (non-hydrogen) atoms. The smallest absolute Gasteiger partial charge is 0.0234 e. The van der Waals surface area contributed by atoms with Gasteiger partial charge < -0.3 is 4.90 Å². The summed E-state index contributed by atoms with van der Waals surface area (Å²) in [6.07, 6.45) is 7.61. The SMILES string of the molecule is C=C(C)/C(C)=C\C=C/CCN(CCN(C)C)Cc1ccccc1. The van der Waals surface area contributed by atoms with E-state index in [1.54, 1.807) is 0 Å². The highest BCUT2D eigenvalue weighted by molar-refractivity contribution is 5.27. The van der Waals surface area contributed by atoms with E-state index in [1.165, 1.54) is 11.1 Å². The number of benzene rings is 1. The Kier molecular flexibility index (Phi) is 9.27. The van der Waals surface area contributed by atoms with Gasteiger partial charge in [-0.25, -0.2) is 0 Å². The predicted octanol–water partition coefficient (Wildman–Crippen LogP) is 4.52. The molecule has 2 heteroatoms. The van der Waals surface area contributed by atoms with Crippen LogP contribution in [0.2, 0.25) is 0 Å². The molecule has 1 rings (SSSR count). The summed E-state index contributed by atoms with van der Waals surface area (Å²) in [4.78, 5) is 4.77. The second kappa shape index (κ2) is 11.0. The standard InChI is InChI=1S/C21H32N2/c1-19(2)20(3)12-8-7-11-15-23(17-16-22(4)5)18-21-13-9-6-10-14-21/h6-10,12-14H,1,11,15-18H2,2-5H3/b8-7-,20-12-. The maximum absolute atomic E-state index is 3.95. The number of hydrogen-bond donors (Lipinski definition) is 0. The van der Waals surface area contributed by atoms with Crippen LogP contribution in [0.15, 0.2) is 66.3 Å². The molecule has 0 aliphatic heterocycles. The van der Waals surface area contributed by atoms with Gasteiger partial charge in [0.25, 0.3) is 0 Å². The number of hydrogen-bond acceptors (Lipinski definition) is 2. The molecule has 0 bridgehead atoms. The van der Waals surface area contributed by atoms with Gasteiger partial charge in [-0.1, -0.05) is 60.7 Å². The minimum Gasteiger partial charge on any atom is -0.308 e. The second-order valence-electron chi connectivity index (χ2n) is 6.41. The Bertz CT molecular complexity index is 512. The summed E-state index contributed by atoms with van der Waals surface area (Å²) in [7, 11) is 4.26. The summed E-state index contributed by atoms with van der Waals surface area (Å²) in [5.74, 6) is 0. The van der Waals surface area contributed by atoms with Crippen LogP contribution in [0.4, 0.5) is 0 Å². The van der Waals surface area contributed by atoms with E-state index < -0.39 is 0 Å². The van der Waals surface area contributed by atoms with E-state index in [-0.39, 0.29) is 0 Å². The topological polar surface area (TPSA) is 6.48 Å². The third kappa shape index (κ3) is 9.17. The normalized spacial score (nSPS) is 12.5. The minimum absolute atomic E-state index is 1.02. The van der Waals surface area contributed by atoms with Crippen molar-refractivity contribution in [3.63, 3.8) is 0 Å². The third-order valence-electron chi connectivity index (χ3n) is 3.88. The lowest BCUT2D eigenvalue weighted by Gasteiger charge is -2.23. The molecule has 0 saturated heterocycles. The van der Waals surface area contributed by atoms with E-state index in [2.05, 4.69) is 86.0 Å². The average Bonchev–Trinajstić information content (AvgIpc) is 2.52. The van der Waals surface area contributed by atoms with Crippen molar-refractivity contribution in [2.24, 2.45) is 0 Å². The van der Waals surface area contributed by atoms with Crippen LogP contribution in [0.5, 0.6) is 0 Å². The van der Waals surface area contributed by atoms with Gasteiger partial charge in [-0.3, -0.25) is 4.90 Å². The van der Waals surface area contributed by atoms with Gasteiger partial charge in [-0.05, 0) is 45.5 Å². The van der Waals surface area contributed by atoms with Gasteiger partial charge in [0.2, 0.25) is 0 Å². The minimum atomic E-state index is 1.02. The Balaban J connectivity index is 2.50. The summed E-state index contributed by atoms with van der Waals surface area (Å²) >= 11 is 0. The van der Waals surface area contributed by atoms with Crippen LogP contribution in [-0.4, -0.2) is 43.5 Å². The predicted molar refractivity (Wildman–Crippen MR) is 103 cm³/mol. The lowest BCUT2D eigenvalue weighted by molar-refractivity contribution is 0.237. The van der Waals surface area contributed by atoms with Gasteiger partial charge in [0, 0.05) is 26.2 Å². The summed E-state index contributed by atoms with van der Waals surface area (Å²) < 4.78 is 0. The Morgan fingerprint density at radius 3 is 2.35 bits per heavy atom. The molecule has 0 aliphatic rings. The van der Waals surface area contributed by atoms with Crippen molar-refractivity contribution in [3.8, 4) is 0 Å². The maximum Gasteiger partial charge on any atom is 0.0234 e. The summed E-state index contributed by atoms with van der Waals surface area (Å²) in [6.45, 7) is 12.4. The fourth-order valence-corrected chi connectivity index (χ4v) is 2.16. The molecule has 126 valence electrons. The Labute approximate surface area is 142 Å². The van der Waals surface area contributed by atoms with Crippen LogP contribution >= 0.6 is 0 Å². The van der Waals surface area contributed by atoms with E-state index >= 15 is 0 Å². The van der Waals surface area contributed by atoms with Crippen molar-refractivity contribution in [3.05, 3.63) is 71.8 Å². The largest absolute Gasteiger partial charge is 0.308 e. The number of likely N-dealkylation sites (N-methyl/N-ethyl adjacent to an activating group) is 1. The van der Waals surface area contributed by atoms with E-state index in [0.717, 1.165) is 38.2 Å². The van der Waals surface area contributed by atoms with Crippen molar-refractivity contribution in [2.45, 2.75) is 26.8 Å². The molecule has 0 unspecified atom stereocenters. The van der Waals surface area contributed by atoms with E-state index in [4.69, 9.17) is 0 Å². The fourth-order valence-electron chi connectivity index (χ4n) is 2.16. The molecular weight excluding hydrogens is 280 g/mol. The highest BCUT2D eigenvalue weighted by atomic mass is 15.2. The summed E-state index contributed by atoms with van der Waals surface area (Å²) in [5.41, 5.74) is 3.76. The van der Waals surface area contributed by atoms with Crippen molar-refractivity contribution >= 4 is 0 Å². The molecule has 0 aromatic heterocycles. The zero-order chi connectivity index (χ0) is 17.1. The number of rotatable bonds is 10. The van der Waals surface area contributed by atoms with Gasteiger partial charge in [-0.2, -0.15) is 0 Å². The van der Waals surface area contributed by atoms with Crippen LogP contribution in [-0.2, 0) is 6.54 Å². The Morgan fingerprint density at radius 2 is 1.74 bits per heavy atom. The molecule has 0 radical (unpaired) electrons. The molecule has 1 aromatic rings. The Hall–Kier alpha value is -1.64. The highest BCUT2D eigenvalue weighted by Gasteiger charge is 2.05. The highest BCUT2D eigenvalue weighted by Crippen LogP contribution is 2.07. The quantitative estimate of drug-likeness (QED) is 0.586. The molecule has 0 saturated carbocycles. The molecule has 0 N–H and O–H groups in total. The van der Waals surface area contributed by atoms with E-state index in [9.17, 15) is 0 Å². The zero-order valence-corrected chi connectivity index (χ0v) is 15.3. The van der Waals surface area contributed by atoms with Crippen LogP contribution in [0, 0.1) is 0 Å². The van der Waals surface area contributed by atoms with Gasteiger partial charge >= 0.3 is 0 Å². The van der Waals surface area contributed by atoms with Gasteiger partial charge in [0.1, 0.15) is 0 Å². The van der Waals surface area contributed by atoms with Gasteiger partial charge in [-0.15, -0.1) is 0 Å². The van der Waals surface area contributed by atoms with Crippen molar-refractivity contribution in [1.29, 1.82) is 0 Å². The zero-order valence-electron chi connectivity index (χ0n) is 15.3. The molecule has 0 fully saturated rings. The van der Waals surface area contributed by atoms with Gasteiger partial charge in [0.15, 0.2) is 0 Å². The lowest BCUT2D eigenvalue weighted by Crippen LogP contribution is -2.32. The average molecular weight is 313 g/mol. The van der Waals surface area contributed by atoms with Crippen molar-refractivity contribution in [1.82, 2.24) is 9.80 Å². The molecule has 0 atom stereocenters. The molecule has 1 aromatic carbocycles. The summed E-state index contributed by atoms with van der Waals surface area (Å²) in [5, 5.41) is 0. The molecule has 0 amide bonds. The number of allylic oxidation sites excluding steroid dienone is 4.